The summed E-state index contributed by atoms with van der Waals surface area (Å²) in [6.07, 6.45) is 1.34. The Bertz CT molecular complexity index is 718. The molecule has 106 valence electrons. The van der Waals surface area contributed by atoms with Crippen LogP contribution in [-0.4, -0.2) is 33.6 Å². The molecule has 0 atom stereocenters. The highest BCUT2D eigenvalue weighted by atomic mass is 19.1. The van der Waals surface area contributed by atoms with Gasteiger partial charge in [0, 0.05) is 18.9 Å². The van der Waals surface area contributed by atoms with Crippen molar-refractivity contribution in [3.05, 3.63) is 41.6 Å². The van der Waals surface area contributed by atoms with Crippen LogP contribution in [-0.2, 0) is 0 Å². The minimum Gasteiger partial charge on any atom is -0.360 e. The van der Waals surface area contributed by atoms with Gasteiger partial charge in [-0.15, -0.1) is 10.2 Å². The van der Waals surface area contributed by atoms with Gasteiger partial charge >= 0.3 is 0 Å². The second-order valence-electron chi connectivity index (χ2n) is 3.82. The summed E-state index contributed by atoms with van der Waals surface area (Å²) >= 11 is 0. The SMILES string of the molecule is CNC(=O)c1cc(NC=C(C#N)c2nn[nH]n2)ccc1F. The lowest BCUT2D eigenvalue weighted by Gasteiger charge is -2.06. The molecule has 1 aromatic carbocycles. The zero-order chi connectivity index (χ0) is 15.2. The van der Waals surface area contributed by atoms with Gasteiger partial charge in [0.1, 0.15) is 17.5 Å². The number of allylic oxidation sites excluding steroid dienone is 1. The summed E-state index contributed by atoms with van der Waals surface area (Å²) in [7, 11) is 1.41. The number of anilines is 1. The Morgan fingerprint density at radius 2 is 2.33 bits per heavy atom. The quantitative estimate of drug-likeness (QED) is 0.711. The first kappa shape index (κ1) is 14.1. The highest BCUT2D eigenvalue weighted by molar-refractivity contribution is 5.95. The van der Waals surface area contributed by atoms with Gasteiger partial charge in [-0.25, -0.2) is 4.39 Å². The predicted molar refractivity (Wildman–Crippen MR) is 71.2 cm³/mol. The average molecular weight is 287 g/mol. The van der Waals surface area contributed by atoms with Crippen molar-refractivity contribution in [2.75, 3.05) is 12.4 Å². The fraction of sp³-hybridized carbons (Fsp3) is 0.0833. The zero-order valence-electron chi connectivity index (χ0n) is 10.9. The number of rotatable bonds is 4. The standard InChI is InChI=1S/C12H10FN7O/c1-15-12(21)9-4-8(2-3-10(9)13)16-6-7(5-14)11-17-19-20-18-11/h2-4,6,16H,1H3,(H,15,21)(H,17,18,19,20). The van der Waals surface area contributed by atoms with Crippen molar-refractivity contribution < 1.29 is 9.18 Å². The van der Waals surface area contributed by atoms with Gasteiger partial charge in [0.15, 0.2) is 0 Å². The first-order chi connectivity index (χ1) is 10.2. The highest BCUT2D eigenvalue weighted by Crippen LogP contribution is 2.16. The number of aromatic nitrogens is 4. The van der Waals surface area contributed by atoms with Gasteiger partial charge in [-0.05, 0) is 23.4 Å². The minimum atomic E-state index is -0.637. The Balaban J connectivity index is 2.24. The summed E-state index contributed by atoms with van der Waals surface area (Å²) < 4.78 is 13.5. The number of amides is 1. The molecule has 0 spiro atoms. The van der Waals surface area contributed by atoms with Gasteiger partial charge in [-0.3, -0.25) is 4.79 Å². The van der Waals surface area contributed by atoms with Gasteiger partial charge in [0.05, 0.1) is 5.56 Å². The van der Waals surface area contributed by atoms with Gasteiger partial charge in [-0.1, -0.05) is 0 Å². The van der Waals surface area contributed by atoms with Crippen LogP contribution in [0.25, 0.3) is 5.57 Å². The van der Waals surface area contributed by atoms with Crippen molar-refractivity contribution in [3.63, 3.8) is 0 Å². The van der Waals surface area contributed by atoms with E-state index in [1.165, 1.54) is 25.4 Å². The molecule has 8 nitrogen and oxygen atoms in total. The zero-order valence-corrected chi connectivity index (χ0v) is 10.9. The largest absolute Gasteiger partial charge is 0.360 e. The number of H-pyrrole nitrogens is 1. The molecule has 1 aromatic heterocycles. The number of hydrogen-bond donors (Lipinski definition) is 3. The first-order valence-electron chi connectivity index (χ1n) is 5.78. The Hall–Kier alpha value is -3.28. The molecule has 0 aliphatic carbocycles. The number of nitrogens with one attached hydrogen (secondary N) is 3. The smallest absolute Gasteiger partial charge is 0.254 e. The maximum absolute atomic E-state index is 13.5. The van der Waals surface area contributed by atoms with Crippen molar-refractivity contribution in [1.29, 1.82) is 5.26 Å². The van der Waals surface area contributed by atoms with E-state index in [1.807, 2.05) is 6.07 Å². The lowest BCUT2D eigenvalue weighted by atomic mass is 10.1. The van der Waals surface area contributed by atoms with Crippen molar-refractivity contribution in [1.82, 2.24) is 25.9 Å². The molecule has 2 aromatic rings. The van der Waals surface area contributed by atoms with E-state index in [9.17, 15) is 9.18 Å². The normalized spacial score (nSPS) is 10.8. The number of carbonyl (C=O) groups excluding carboxylic acids is 1. The summed E-state index contributed by atoms with van der Waals surface area (Å²) in [5.41, 5.74) is 0.467. The van der Waals surface area contributed by atoms with Crippen LogP contribution in [0.1, 0.15) is 16.2 Å². The molecule has 2 rings (SSSR count). The fourth-order valence-corrected chi connectivity index (χ4v) is 1.50. The van der Waals surface area contributed by atoms with Crippen LogP contribution in [0.2, 0.25) is 0 Å². The van der Waals surface area contributed by atoms with Crippen LogP contribution in [0.15, 0.2) is 24.4 Å². The Morgan fingerprint density at radius 3 is 2.95 bits per heavy atom. The van der Waals surface area contributed by atoms with E-state index in [1.54, 1.807) is 0 Å². The lowest BCUT2D eigenvalue weighted by Crippen LogP contribution is -2.19. The van der Waals surface area contributed by atoms with Crippen LogP contribution < -0.4 is 10.6 Å². The monoisotopic (exact) mass is 287 g/mol. The van der Waals surface area contributed by atoms with E-state index in [2.05, 4.69) is 31.3 Å². The number of benzene rings is 1. The number of carbonyl (C=O) groups is 1. The molecule has 1 amide bonds. The molecule has 0 fully saturated rings. The molecular formula is C12H10FN7O. The van der Waals surface area contributed by atoms with E-state index in [0.29, 0.717) is 5.69 Å². The second kappa shape index (κ2) is 6.25. The van der Waals surface area contributed by atoms with Crippen LogP contribution in [0.4, 0.5) is 10.1 Å². The van der Waals surface area contributed by atoms with Crippen LogP contribution in [0, 0.1) is 17.1 Å². The van der Waals surface area contributed by atoms with E-state index in [4.69, 9.17) is 5.26 Å². The number of aromatic amines is 1. The van der Waals surface area contributed by atoms with Crippen LogP contribution in [0.5, 0.6) is 0 Å². The Kier molecular flexibility index (Phi) is 4.20. The third-order valence-corrected chi connectivity index (χ3v) is 2.53. The van der Waals surface area contributed by atoms with Crippen molar-refractivity contribution in [2.24, 2.45) is 0 Å². The maximum atomic E-state index is 13.5. The summed E-state index contributed by atoms with van der Waals surface area (Å²) in [5, 5.41) is 27.0. The number of tetrazole rings is 1. The van der Waals surface area contributed by atoms with Gasteiger partial charge < -0.3 is 10.6 Å². The van der Waals surface area contributed by atoms with Crippen LogP contribution in [0.3, 0.4) is 0 Å². The molecule has 0 bridgehead atoms. The lowest BCUT2D eigenvalue weighted by molar-refractivity contribution is 0.0959. The van der Waals surface area contributed by atoms with Gasteiger partial charge in [-0.2, -0.15) is 10.5 Å². The van der Waals surface area contributed by atoms with Gasteiger partial charge in [0.2, 0.25) is 5.82 Å². The maximum Gasteiger partial charge on any atom is 0.254 e. The number of nitrogens with zero attached hydrogens (tertiary/aromatic N) is 4. The second-order valence-corrected chi connectivity index (χ2v) is 3.82. The molecule has 9 heteroatoms. The molecule has 0 radical (unpaired) electrons. The van der Waals surface area contributed by atoms with E-state index < -0.39 is 11.7 Å². The molecule has 21 heavy (non-hydrogen) atoms. The topological polar surface area (TPSA) is 119 Å². The summed E-state index contributed by atoms with van der Waals surface area (Å²) in [5.74, 6) is -1.06. The Morgan fingerprint density at radius 1 is 1.52 bits per heavy atom. The Labute approximate surface area is 118 Å². The highest BCUT2D eigenvalue weighted by Gasteiger charge is 2.11. The molecule has 0 aliphatic heterocycles. The molecule has 1 heterocycles. The van der Waals surface area contributed by atoms with Gasteiger partial charge in [0.25, 0.3) is 5.91 Å². The molecule has 0 aliphatic rings. The van der Waals surface area contributed by atoms with Crippen molar-refractivity contribution >= 4 is 17.2 Å². The third kappa shape index (κ3) is 3.19. The first-order valence-corrected chi connectivity index (χ1v) is 5.78. The van der Waals surface area contributed by atoms with Crippen molar-refractivity contribution in [3.8, 4) is 6.07 Å². The molecule has 3 N–H and O–H groups in total. The van der Waals surface area contributed by atoms with E-state index >= 15 is 0 Å². The third-order valence-electron chi connectivity index (χ3n) is 2.53. The molecular weight excluding hydrogens is 277 g/mol. The summed E-state index contributed by atoms with van der Waals surface area (Å²) in [4.78, 5) is 11.5. The van der Waals surface area contributed by atoms with Crippen LogP contribution >= 0.6 is 0 Å². The number of hydrogen-bond acceptors (Lipinski definition) is 6. The summed E-state index contributed by atoms with van der Waals surface area (Å²) in [6.45, 7) is 0. The molecule has 0 unspecified atom stereocenters. The average Bonchev–Trinajstić information content (AvgIpc) is 3.03. The minimum absolute atomic E-state index is 0.103. The van der Waals surface area contributed by atoms with E-state index in [-0.39, 0.29) is 17.0 Å². The predicted octanol–water partition coefficient (Wildman–Crippen LogP) is 0.675. The molecule has 0 saturated heterocycles. The van der Waals surface area contributed by atoms with E-state index in [0.717, 1.165) is 6.07 Å². The number of halogens is 1. The van der Waals surface area contributed by atoms with Crippen molar-refractivity contribution in [2.45, 2.75) is 0 Å². The summed E-state index contributed by atoms with van der Waals surface area (Å²) in [6, 6.07) is 5.81. The fourth-order valence-electron chi connectivity index (χ4n) is 1.50. The molecule has 0 saturated carbocycles. The number of nitriles is 1.